The van der Waals surface area contributed by atoms with Crippen LogP contribution in [-0.2, 0) is 10.7 Å². The van der Waals surface area contributed by atoms with Crippen LogP contribution >= 0.6 is 11.6 Å². The van der Waals surface area contributed by atoms with Gasteiger partial charge < -0.3 is 15.9 Å². The Labute approximate surface area is 151 Å². The van der Waals surface area contributed by atoms with Gasteiger partial charge in [0.05, 0.1) is 42.0 Å². The van der Waals surface area contributed by atoms with E-state index in [0.29, 0.717) is 0 Å². The van der Waals surface area contributed by atoms with Crippen molar-refractivity contribution in [1.29, 1.82) is 0 Å². The van der Waals surface area contributed by atoms with Crippen molar-refractivity contribution >= 4 is 41.0 Å². The summed E-state index contributed by atoms with van der Waals surface area (Å²) in [5.74, 6) is -0.0397. The number of alkyl halides is 2. The zero-order chi connectivity index (χ0) is 19.0. The van der Waals surface area contributed by atoms with Crippen LogP contribution < -0.4 is 5.73 Å². The number of halogens is 3. The van der Waals surface area contributed by atoms with Crippen LogP contribution in [0.4, 0.5) is 14.6 Å². The largest absolute Gasteiger partial charge is 0.393 e. The van der Waals surface area contributed by atoms with Gasteiger partial charge in [-0.2, -0.15) is 0 Å². The van der Waals surface area contributed by atoms with E-state index in [4.69, 9.17) is 40.9 Å². The van der Waals surface area contributed by atoms with Gasteiger partial charge in [-0.25, -0.2) is 18.7 Å². The van der Waals surface area contributed by atoms with E-state index < -0.39 is 23.7 Å². The molecule has 0 saturated carbocycles. The number of nitrogens with two attached hydrogens (primary N) is 1. The summed E-state index contributed by atoms with van der Waals surface area (Å²) in [6.45, 7) is -1.21. The molecule has 1 aromatic heterocycles. The van der Waals surface area contributed by atoms with Gasteiger partial charge in [-0.3, -0.25) is 0 Å². The average Bonchev–Trinajstić information content (AvgIpc) is 2.55. The van der Waals surface area contributed by atoms with Gasteiger partial charge in [0, 0.05) is 5.56 Å². The lowest BCUT2D eigenvalue weighted by Gasteiger charge is -2.29. The highest BCUT2D eigenvalue weighted by atomic mass is 35.5. The molecular weight excluding hydrogens is 348 g/mol. The summed E-state index contributed by atoms with van der Waals surface area (Å²) in [7, 11) is 17.1. The fourth-order valence-corrected chi connectivity index (χ4v) is 2.33. The minimum Gasteiger partial charge on any atom is -0.393 e. The lowest BCUT2D eigenvalue weighted by atomic mass is 9.39. The third-order valence-corrected chi connectivity index (χ3v) is 3.90. The third-order valence-electron chi connectivity index (χ3n) is 3.62. The maximum absolute atomic E-state index is 13.2. The van der Waals surface area contributed by atoms with Crippen LogP contribution in [0.25, 0.3) is 11.3 Å². The van der Waals surface area contributed by atoms with E-state index in [1.165, 1.54) is 12.3 Å². The smallest absolute Gasteiger partial charge is 0.273 e. The number of nitrogen functional groups attached to an aromatic ring is 1. The molecule has 4 N–H and O–H groups in total. The molecule has 5 nitrogen and oxygen atoms in total. The Hall–Kier alpha value is -1.64. The Bertz CT molecular complexity index is 792. The monoisotopic (exact) mass is 359 g/mol. The van der Waals surface area contributed by atoms with Crippen LogP contribution in [0.1, 0.15) is 11.1 Å². The van der Waals surface area contributed by atoms with Crippen LogP contribution in [0.5, 0.6) is 0 Å². The molecule has 0 aliphatic heterocycles. The van der Waals surface area contributed by atoms with E-state index in [0.717, 1.165) is 12.1 Å². The third kappa shape index (κ3) is 3.81. The van der Waals surface area contributed by atoms with Crippen molar-refractivity contribution in [3.8, 4) is 11.3 Å². The number of aliphatic hydroxyl groups is 2. The molecule has 0 saturated heterocycles. The summed E-state index contributed by atoms with van der Waals surface area (Å²) >= 11 is 5.84. The van der Waals surface area contributed by atoms with E-state index in [1.807, 2.05) is 0 Å². The standard InChI is InChI=1S/C14H11B3ClF2N3O2/c15-14(16,17)8-2-1-6(13(25,5-24)12(19)20)3-7(8)9-4-22-11(21)10(18)23-9/h1-4,12,24-25H,5H2,(H2,21,22). The van der Waals surface area contributed by atoms with E-state index in [-0.39, 0.29) is 33.4 Å². The van der Waals surface area contributed by atoms with Gasteiger partial charge in [0.25, 0.3) is 6.43 Å². The molecule has 0 amide bonds. The van der Waals surface area contributed by atoms with Gasteiger partial charge in [0.1, 0.15) is 0 Å². The van der Waals surface area contributed by atoms with E-state index >= 15 is 0 Å². The molecule has 1 aromatic carbocycles. The second-order valence-corrected chi connectivity index (χ2v) is 5.87. The topological polar surface area (TPSA) is 92.3 Å². The van der Waals surface area contributed by atoms with E-state index in [2.05, 4.69) is 9.97 Å². The van der Waals surface area contributed by atoms with Gasteiger partial charge in [-0.15, -0.1) is 5.11 Å². The minimum atomic E-state index is -3.25. The number of hydrogen-bond acceptors (Lipinski definition) is 5. The van der Waals surface area contributed by atoms with E-state index in [9.17, 15) is 19.0 Å². The maximum atomic E-state index is 13.2. The Morgan fingerprint density at radius 3 is 2.40 bits per heavy atom. The molecule has 124 valence electrons. The quantitative estimate of drug-likeness (QED) is 0.674. The Kier molecular flexibility index (Phi) is 5.46. The van der Waals surface area contributed by atoms with Gasteiger partial charge in [0.2, 0.25) is 0 Å². The summed E-state index contributed by atoms with van der Waals surface area (Å²) in [4.78, 5) is 7.82. The highest BCUT2D eigenvalue weighted by Crippen LogP contribution is 2.35. The normalized spacial score (nSPS) is 14.5. The first-order valence-electron chi connectivity index (χ1n) is 6.92. The Morgan fingerprint density at radius 2 is 1.92 bits per heavy atom. The van der Waals surface area contributed by atoms with E-state index in [1.54, 1.807) is 0 Å². The summed E-state index contributed by atoms with van der Waals surface area (Å²) < 4.78 is 26.4. The van der Waals surface area contributed by atoms with Crippen molar-refractivity contribution in [2.24, 2.45) is 0 Å². The first-order chi connectivity index (χ1) is 11.5. The lowest BCUT2D eigenvalue weighted by Crippen LogP contribution is -2.38. The SMILES string of the molecule is [B]C([B])([B])c1ccc(C(O)(CO)C(F)F)cc1-c1cnc(N)c(Cl)n1. The number of aliphatic hydroxyl groups excluding tert-OH is 1. The number of benzene rings is 1. The average molecular weight is 359 g/mol. The number of hydrogen-bond donors (Lipinski definition) is 3. The fourth-order valence-electron chi connectivity index (χ4n) is 2.19. The molecule has 1 unspecified atom stereocenters. The van der Waals surface area contributed by atoms with Crippen molar-refractivity contribution in [2.75, 3.05) is 12.3 Å². The summed E-state index contributed by atoms with van der Waals surface area (Å²) in [6, 6.07) is 3.52. The lowest BCUT2D eigenvalue weighted by molar-refractivity contribution is -0.129. The maximum Gasteiger partial charge on any atom is 0.273 e. The Morgan fingerprint density at radius 1 is 1.28 bits per heavy atom. The summed E-state index contributed by atoms with van der Waals surface area (Å²) in [5, 5.41) is 17.3. The van der Waals surface area contributed by atoms with Crippen LogP contribution in [-0.4, -0.2) is 56.8 Å². The van der Waals surface area contributed by atoms with Crippen LogP contribution in [0, 0.1) is 0 Å². The first kappa shape index (κ1) is 19.7. The Balaban J connectivity index is 2.73. The van der Waals surface area contributed by atoms with Gasteiger partial charge in [0.15, 0.2) is 16.6 Å². The van der Waals surface area contributed by atoms with Crippen molar-refractivity contribution in [1.82, 2.24) is 9.97 Å². The molecule has 2 aromatic rings. The summed E-state index contributed by atoms with van der Waals surface area (Å²) in [6.07, 6.45) is -2.04. The molecule has 0 fully saturated rings. The fraction of sp³-hybridized carbons (Fsp3) is 0.286. The number of rotatable bonds is 5. The zero-order valence-electron chi connectivity index (χ0n) is 12.8. The predicted molar refractivity (Wildman–Crippen MR) is 92.8 cm³/mol. The highest BCUT2D eigenvalue weighted by Gasteiger charge is 2.39. The van der Waals surface area contributed by atoms with Crippen molar-refractivity contribution in [3.63, 3.8) is 0 Å². The molecule has 0 bridgehead atoms. The first-order valence-corrected chi connectivity index (χ1v) is 7.30. The van der Waals surface area contributed by atoms with Crippen LogP contribution in [0.2, 0.25) is 5.15 Å². The zero-order valence-corrected chi connectivity index (χ0v) is 13.6. The molecule has 1 atom stereocenters. The predicted octanol–water partition coefficient (Wildman–Crippen LogP) is 0.440. The van der Waals surface area contributed by atoms with Gasteiger partial charge >= 0.3 is 0 Å². The molecule has 1 heterocycles. The summed E-state index contributed by atoms with van der Waals surface area (Å²) in [5.41, 5.74) is 2.74. The van der Waals surface area contributed by atoms with Crippen molar-refractivity contribution in [3.05, 3.63) is 40.7 Å². The van der Waals surface area contributed by atoms with Crippen molar-refractivity contribution < 1.29 is 19.0 Å². The van der Waals surface area contributed by atoms with Gasteiger partial charge in [-0.1, -0.05) is 29.3 Å². The molecule has 0 aliphatic rings. The molecular formula is C14H11B3ClF2N3O2. The second kappa shape index (κ2) is 6.94. The van der Waals surface area contributed by atoms with Crippen LogP contribution in [0.3, 0.4) is 0 Å². The van der Waals surface area contributed by atoms with Crippen LogP contribution in [0.15, 0.2) is 24.4 Å². The molecule has 25 heavy (non-hydrogen) atoms. The minimum absolute atomic E-state index is 0.0397. The van der Waals surface area contributed by atoms with Crippen molar-refractivity contribution in [2.45, 2.75) is 17.1 Å². The molecule has 6 radical (unpaired) electrons. The van der Waals surface area contributed by atoms with Gasteiger partial charge in [-0.05, 0) is 11.6 Å². The second-order valence-electron chi connectivity index (χ2n) is 5.51. The molecule has 2 rings (SSSR count). The molecule has 0 aliphatic carbocycles. The number of aromatic nitrogens is 2. The molecule has 0 spiro atoms. The highest BCUT2D eigenvalue weighted by molar-refractivity contribution is 6.59. The molecule has 11 heteroatoms. The number of anilines is 1. The number of nitrogens with zero attached hydrogens (tertiary/aromatic N) is 2.